The Kier molecular flexibility index (Phi) is 9.11. The molecular formula is C34H50N4O6. The molecule has 0 radical (unpaired) electrons. The fourth-order valence-electron chi connectivity index (χ4n) is 7.90. The topological polar surface area (TPSA) is 112 Å². The lowest BCUT2D eigenvalue weighted by Crippen LogP contribution is -2.68. The molecule has 3 aliphatic heterocycles. The zero-order valence-electron chi connectivity index (χ0n) is 26.6. The standard InChI is InChI=1S/C34H50N4O6/c1-34(2,3)38(33(41)42)30(23-9-5-4-6-10-23)32(40)37-18-24-17-25(44-21-22-13-14-22)19-36(24)20-28(37)31(39)35-27-15-16-43-29-12-8-7-11-26(27)29/h7-8,11-12,22-25,27-28,30H,4-6,9-10,13-21H2,1-3H3,(H,35,39)(H,41,42)/t24-,25-,27-,28+,30+/m1/s1. The highest BCUT2D eigenvalue weighted by atomic mass is 16.5. The Labute approximate surface area is 261 Å². The van der Waals surface area contributed by atoms with E-state index in [0.29, 0.717) is 32.0 Å². The van der Waals surface area contributed by atoms with E-state index in [1.165, 1.54) is 17.7 Å². The van der Waals surface area contributed by atoms with Gasteiger partial charge in [0.15, 0.2) is 0 Å². The molecule has 2 saturated heterocycles. The van der Waals surface area contributed by atoms with Crippen molar-refractivity contribution >= 4 is 17.9 Å². The van der Waals surface area contributed by atoms with Crippen molar-refractivity contribution in [1.29, 1.82) is 0 Å². The number of nitrogens with one attached hydrogen (secondary N) is 1. The third-order valence-electron chi connectivity index (χ3n) is 10.4. The predicted octanol–water partition coefficient (Wildman–Crippen LogP) is 4.43. The summed E-state index contributed by atoms with van der Waals surface area (Å²) in [5.41, 5.74) is 0.169. The summed E-state index contributed by atoms with van der Waals surface area (Å²) in [6.45, 7) is 8.41. The Morgan fingerprint density at radius 3 is 2.50 bits per heavy atom. The highest BCUT2D eigenvalue weighted by molar-refractivity contribution is 5.92. The Bertz CT molecular complexity index is 1210. The molecule has 5 atom stereocenters. The molecule has 1 aromatic rings. The zero-order chi connectivity index (χ0) is 31.0. The zero-order valence-corrected chi connectivity index (χ0v) is 26.6. The predicted molar refractivity (Wildman–Crippen MR) is 165 cm³/mol. The second-order valence-corrected chi connectivity index (χ2v) is 14.7. The first-order valence-corrected chi connectivity index (χ1v) is 16.8. The Hall–Kier alpha value is -2.85. The fraction of sp³-hybridized carbons (Fsp3) is 0.735. The van der Waals surface area contributed by atoms with E-state index in [4.69, 9.17) is 9.47 Å². The van der Waals surface area contributed by atoms with E-state index in [2.05, 4.69) is 10.2 Å². The van der Waals surface area contributed by atoms with Crippen LogP contribution in [0.5, 0.6) is 5.75 Å². The number of ether oxygens (including phenoxy) is 2. The summed E-state index contributed by atoms with van der Waals surface area (Å²) < 4.78 is 12.1. The lowest BCUT2D eigenvalue weighted by Gasteiger charge is -2.48. The highest BCUT2D eigenvalue weighted by Crippen LogP contribution is 2.37. The lowest BCUT2D eigenvalue weighted by molar-refractivity contribution is -0.152. The number of nitrogens with zero attached hydrogens (tertiary/aromatic N) is 3. The van der Waals surface area contributed by atoms with Gasteiger partial charge in [0.1, 0.15) is 17.8 Å². The average molecular weight is 611 g/mol. The number of benzene rings is 1. The molecule has 3 amide bonds. The first kappa shape index (κ1) is 31.1. The molecule has 242 valence electrons. The van der Waals surface area contributed by atoms with Crippen LogP contribution in [0.15, 0.2) is 24.3 Å². The van der Waals surface area contributed by atoms with Gasteiger partial charge in [-0.15, -0.1) is 0 Å². The summed E-state index contributed by atoms with van der Waals surface area (Å²) in [5, 5.41) is 13.7. The maximum absolute atomic E-state index is 14.9. The molecule has 0 spiro atoms. The number of hydrogen-bond acceptors (Lipinski definition) is 6. The van der Waals surface area contributed by atoms with Crippen LogP contribution in [0.2, 0.25) is 0 Å². The van der Waals surface area contributed by atoms with Gasteiger partial charge in [-0.25, -0.2) is 4.79 Å². The third-order valence-corrected chi connectivity index (χ3v) is 10.4. The maximum Gasteiger partial charge on any atom is 0.408 e. The van der Waals surface area contributed by atoms with Gasteiger partial charge in [-0.3, -0.25) is 19.4 Å². The Morgan fingerprint density at radius 2 is 1.80 bits per heavy atom. The minimum Gasteiger partial charge on any atom is -0.493 e. The van der Waals surface area contributed by atoms with Crippen molar-refractivity contribution in [3.63, 3.8) is 0 Å². The quantitative estimate of drug-likeness (QED) is 0.448. The van der Waals surface area contributed by atoms with Crippen LogP contribution < -0.4 is 10.1 Å². The lowest BCUT2D eigenvalue weighted by atomic mass is 9.81. The van der Waals surface area contributed by atoms with Gasteiger partial charge in [0.05, 0.1) is 18.8 Å². The molecule has 4 fully saturated rings. The maximum atomic E-state index is 14.9. The van der Waals surface area contributed by atoms with Gasteiger partial charge in [0.2, 0.25) is 11.8 Å². The molecule has 0 aromatic heterocycles. The molecule has 2 saturated carbocycles. The molecular weight excluding hydrogens is 560 g/mol. The van der Waals surface area contributed by atoms with Crippen LogP contribution in [0.4, 0.5) is 4.79 Å². The van der Waals surface area contributed by atoms with E-state index >= 15 is 0 Å². The molecule has 3 heterocycles. The van der Waals surface area contributed by atoms with E-state index in [-0.39, 0.29) is 35.9 Å². The first-order valence-electron chi connectivity index (χ1n) is 16.8. The van der Waals surface area contributed by atoms with Gasteiger partial charge in [-0.05, 0) is 70.8 Å². The van der Waals surface area contributed by atoms with Crippen molar-refractivity contribution in [2.75, 3.05) is 32.8 Å². The SMILES string of the molecule is CC(C)(C)N(C(=O)O)[C@H](C(=O)N1C[C@H]2C[C@@H](OCC3CC3)CN2C[C@H]1C(=O)N[C@@H]1CCOc2ccccc21)C1CCCCC1. The molecule has 0 bridgehead atoms. The Morgan fingerprint density at radius 1 is 1.05 bits per heavy atom. The van der Waals surface area contributed by atoms with E-state index in [9.17, 15) is 19.5 Å². The molecule has 2 N–H and O–H groups in total. The number of para-hydroxylation sites is 1. The molecule has 44 heavy (non-hydrogen) atoms. The van der Waals surface area contributed by atoms with Crippen molar-refractivity contribution < 1.29 is 29.0 Å². The van der Waals surface area contributed by atoms with E-state index in [1.807, 2.05) is 45.0 Å². The Balaban J connectivity index is 1.29. The summed E-state index contributed by atoms with van der Waals surface area (Å²) >= 11 is 0. The molecule has 10 nitrogen and oxygen atoms in total. The molecule has 1 aromatic carbocycles. The van der Waals surface area contributed by atoms with Crippen LogP contribution in [0.1, 0.15) is 90.2 Å². The van der Waals surface area contributed by atoms with E-state index in [1.54, 1.807) is 4.90 Å². The van der Waals surface area contributed by atoms with Gasteiger partial charge in [0, 0.05) is 49.8 Å². The van der Waals surface area contributed by atoms with Gasteiger partial charge < -0.3 is 24.8 Å². The summed E-state index contributed by atoms with van der Waals surface area (Å²) in [6, 6.07) is 6.08. The molecule has 5 aliphatic rings. The number of fused-ring (bicyclic) bond motifs is 2. The summed E-state index contributed by atoms with van der Waals surface area (Å²) in [7, 11) is 0. The largest absolute Gasteiger partial charge is 0.493 e. The number of amides is 3. The first-order chi connectivity index (χ1) is 21.1. The van der Waals surface area contributed by atoms with Gasteiger partial charge >= 0.3 is 6.09 Å². The second kappa shape index (κ2) is 12.9. The second-order valence-electron chi connectivity index (χ2n) is 14.7. The van der Waals surface area contributed by atoms with Crippen molar-refractivity contribution in [3.05, 3.63) is 29.8 Å². The molecule has 10 heteroatoms. The molecule has 2 aliphatic carbocycles. The fourth-order valence-corrected chi connectivity index (χ4v) is 7.90. The third kappa shape index (κ3) is 6.71. The van der Waals surface area contributed by atoms with Crippen LogP contribution in [-0.4, -0.2) is 100 Å². The number of carboxylic acid groups (broad SMARTS) is 1. The summed E-state index contributed by atoms with van der Waals surface area (Å²) in [5.74, 6) is 0.941. The van der Waals surface area contributed by atoms with Crippen LogP contribution in [0.3, 0.4) is 0 Å². The number of hydrogen-bond donors (Lipinski definition) is 2. The van der Waals surface area contributed by atoms with Crippen molar-refractivity contribution in [1.82, 2.24) is 20.0 Å². The minimum atomic E-state index is -1.09. The number of piperazine rings is 1. The number of carbonyl (C=O) groups excluding carboxylic acids is 2. The normalized spacial score (nSPS) is 28.4. The van der Waals surface area contributed by atoms with Crippen molar-refractivity contribution in [3.8, 4) is 5.75 Å². The van der Waals surface area contributed by atoms with E-state index in [0.717, 1.165) is 63.0 Å². The highest BCUT2D eigenvalue weighted by Gasteiger charge is 2.50. The summed E-state index contributed by atoms with van der Waals surface area (Å²) in [6.07, 6.45) is 7.61. The average Bonchev–Trinajstić information content (AvgIpc) is 3.75. The number of rotatable bonds is 8. The summed E-state index contributed by atoms with van der Waals surface area (Å²) in [4.78, 5) is 47.4. The van der Waals surface area contributed by atoms with E-state index < -0.39 is 23.7 Å². The van der Waals surface area contributed by atoms with Gasteiger partial charge in [0.25, 0.3) is 0 Å². The smallest absolute Gasteiger partial charge is 0.408 e. The van der Waals surface area contributed by atoms with Crippen LogP contribution >= 0.6 is 0 Å². The van der Waals surface area contributed by atoms with Crippen LogP contribution in [0.25, 0.3) is 0 Å². The van der Waals surface area contributed by atoms with Crippen molar-refractivity contribution in [2.45, 2.75) is 114 Å². The van der Waals surface area contributed by atoms with Crippen LogP contribution in [-0.2, 0) is 14.3 Å². The molecule has 0 unspecified atom stereocenters. The number of carbonyl (C=O) groups is 3. The van der Waals surface area contributed by atoms with Crippen molar-refractivity contribution in [2.24, 2.45) is 11.8 Å². The molecule has 6 rings (SSSR count). The van der Waals surface area contributed by atoms with Crippen LogP contribution in [0, 0.1) is 11.8 Å². The minimum absolute atomic E-state index is 0.0751. The van der Waals surface area contributed by atoms with Gasteiger partial charge in [-0.1, -0.05) is 37.5 Å². The monoisotopic (exact) mass is 610 g/mol. The van der Waals surface area contributed by atoms with Gasteiger partial charge in [-0.2, -0.15) is 0 Å².